The Morgan fingerprint density at radius 3 is 2.93 bits per heavy atom. The molecule has 142 valence electrons. The van der Waals surface area contributed by atoms with Gasteiger partial charge in [-0.3, -0.25) is 4.98 Å². The standard InChI is InChI=1S/C22H22ClN5/c23-15-7-8-18-16(10-15)21(26-12-14-4-3-9-24-11-14)17(13-25-18)22-27-19-5-1-2-6-20(19)28-22/h1-2,5-8,10,13-14,24H,3-4,9,11-12H2,(H,25,26)(H,27,28)/t14-/m1/s1. The van der Waals surface area contributed by atoms with Crippen LogP contribution in [0.4, 0.5) is 5.69 Å². The summed E-state index contributed by atoms with van der Waals surface area (Å²) in [5, 5.41) is 8.92. The van der Waals surface area contributed by atoms with Gasteiger partial charge in [-0.1, -0.05) is 23.7 Å². The van der Waals surface area contributed by atoms with Crippen LogP contribution in [0.15, 0.2) is 48.7 Å². The van der Waals surface area contributed by atoms with Crippen molar-refractivity contribution in [2.45, 2.75) is 12.8 Å². The Bertz CT molecular complexity index is 1100. The fourth-order valence-electron chi connectivity index (χ4n) is 3.96. The summed E-state index contributed by atoms with van der Waals surface area (Å²) in [6.45, 7) is 3.08. The molecule has 3 N–H and O–H groups in total. The molecule has 0 amide bonds. The Morgan fingerprint density at radius 2 is 2.07 bits per heavy atom. The fraction of sp³-hybridized carbons (Fsp3) is 0.273. The zero-order valence-corrected chi connectivity index (χ0v) is 16.3. The molecule has 1 saturated heterocycles. The number of hydrogen-bond donors (Lipinski definition) is 3. The van der Waals surface area contributed by atoms with Gasteiger partial charge in [0, 0.05) is 23.2 Å². The molecule has 6 heteroatoms. The fourth-order valence-corrected chi connectivity index (χ4v) is 4.13. The number of aromatic nitrogens is 3. The molecule has 4 aromatic rings. The quantitative estimate of drug-likeness (QED) is 0.465. The van der Waals surface area contributed by atoms with E-state index in [1.54, 1.807) is 0 Å². The second-order valence-electron chi connectivity index (χ2n) is 7.40. The lowest BCUT2D eigenvalue weighted by molar-refractivity contribution is 0.393. The van der Waals surface area contributed by atoms with E-state index in [1.165, 1.54) is 12.8 Å². The molecule has 1 atom stereocenters. The Hall–Kier alpha value is -2.63. The van der Waals surface area contributed by atoms with Crippen molar-refractivity contribution in [1.82, 2.24) is 20.3 Å². The van der Waals surface area contributed by atoms with Crippen LogP contribution in [0.1, 0.15) is 12.8 Å². The van der Waals surface area contributed by atoms with Gasteiger partial charge in [-0.05, 0) is 62.2 Å². The molecule has 0 spiro atoms. The molecule has 0 radical (unpaired) electrons. The van der Waals surface area contributed by atoms with E-state index in [0.717, 1.165) is 58.6 Å². The Labute approximate surface area is 168 Å². The van der Waals surface area contributed by atoms with Gasteiger partial charge >= 0.3 is 0 Å². The maximum absolute atomic E-state index is 6.31. The molecular formula is C22H22ClN5. The first-order chi connectivity index (χ1) is 13.8. The number of nitrogens with zero attached hydrogens (tertiary/aromatic N) is 2. The van der Waals surface area contributed by atoms with Gasteiger partial charge in [0.05, 0.1) is 27.8 Å². The number of halogens is 1. The van der Waals surface area contributed by atoms with Crippen LogP contribution in [-0.2, 0) is 0 Å². The van der Waals surface area contributed by atoms with Crippen LogP contribution < -0.4 is 10.6 Å². The lowest BCUT2D eigenvalue weighted by Gasteiger charge is -2.24. The second-order valence-corrected chi connectivity index (χ2v) is 7.84. The van der Waals surface area contributed by atoms with Crippen molar-refractivity contribution in [2.75, 3.05) is 25.0 Å². The second kappa shape index (κ2) is 7.41. The number of rotatable bonds is 4. The molecule has 0 unspecified atom stereocenters. The van der Waals surface area contributed by atoms with Gasteiger partial charge in [0.25, 0.3) is 0 Å². The van der Waals surface area contributed by atoms with Gasteiger partial charge in [0.1, 0.15) is 5.82 Å². The number of piperidine rings is 1. The van der Waals surface area contributed by atoms with E-state index >= 15 is 0 Å². The van der Waals surface area contributed by atoms with Crippen LogP contribution in [0.25, 0.3) is 33.3 Å². The molecule has 28 heavy (non-hydrogen) atoms. The third kappa shape index (κ3) is 3.32. The highest BCUT2D eigenvalue weighted by Gasteiger charge is 2.17. The summed E-state index contributed by atoms with van der Waals surface area (Å²) in [4.78, 5) is 12.9. The first-order valence-electron chi connectivity index (χ1n) is 9.76. The van der Waals surface area contributed by atoms with Gasteiger partial charge in [0.2, 0.25) is 0 Å². The maximum Gasteiger partial charge on any atom is 0.142 e. The Morgan fingerprint density at radius 1 is 1.14 bits per heavy atom. The zero-order chi connectivity index (χ0) is 18.9. The third-order valence-electron chi connectivity index (χ3n) is 5.44. The average molecular weight is 392 g/mol. The van der Waals surface area contributed by atoms with E-state index in [9.17, 15) is 0 Å². The highest BCUT2D eigenvalue weighted by Crippen LogP contribution is 2.34. The molecule has 0 bridgehead atoms. The van der Waals surface area contributed by atoms with E-state index in [0.29, 0.717) is 10.9 Å². The highest BCUT2D eigenvalue weighted by atomic mass is 35.5. The number of hydrogen-bond acceptors (Lipinski definition) is 4. The van der Waals surface area contributed by atoms with Crippen LogP contribution in [0.3, 0.4) is 0 Å². The molecule has 1 fully saturated rings. The van der Waals surface area contributed by atoms with Crippen molar-refractivity contribution < 1.29 is 0 Å². The number of H-pyrrole nitrogens is 1. The number of nitrogens with one attached hydrogen (secondary N) is 3. The summed E-state index contributed by atoms with van der Waals surface area (Å²) < 4.78 is 0. The maximum atomic E-state index is 6.31. The summed E-state index contributed by atoms with van der Waals surface area (Å²) in [6, 6.07) is 13.9. The number of para-hydroxylation sites is 2. The van der Waals surface area contributed by atoms with Crippen molar-refractivity contribution in [3.63, 3.8) is 0 Å². The molecule has 0 aliphatic carbocycles. The van der Waals surface area contributed by atoms with Crippen molar-refractivity contribution in [2.24, 2.45) is 5.92 Å². The first kappa shape index (κ1) is 17.5. The smallest absolute Gasteiger partial charge is 0.142 e. The van der Waals surface area contributed by atoms with Crippen LogP contribution in [0.5, 0.6) is 0 Å². The van der Waals surface area contributed by atoms with Gasteiger partial charge in [0.15, 0.2) is 0 Å². The van der Waals surface area contributed by atoms with Crippen molar-refractivity contribution in [1.29, 1.82) is 0 Å². The zero-order valence-electron chi connectivity index (χ0n) is 15.5. The van der Waals surface area contributed by atoms with Crippen molar-refractivity contribution in [3.05, 3.63) is 53.7 Å². The van der Waals surface area contributed by atoms with Gasteiger partial charge < -0.3 is 15.6 Å². The van der Waals surface area contributed by atoms with Crippen molar-refractivity contribution in [3.8, 4) is 11.4 Å². The van der Waals surface area contributed by atoms with E-state index in [4.69, 9.17) is 16.6 Å². The van der Waals surface area contributed by atoms with Crippen LogP contribution in [0, 0.1) is 5.92 Å². The summed E-state index contributed by atoms with van der Waals surface area (Å²) >= 11 is 6.31. The summed E-state index contributed by atoms with van der Waals surface area (Å²) in [7, 11) is 0. The summed E-state index contributed by atoms with van der Waals surface area (Å²) in [5.74, 6) is 1.43. The van der Waals surface area contributed by atoms with Gasteiger partial charge in [-0.25, -0.2) is 4.98 Å². The monoisotopic (exact) mass is 391 g/mol. The number of pyridine rings is 1. The Balaban J connectivity index is 1.60. The van der Waals surface area contributed by atoms with E-state index in [-0.39, 0.29) is 0 Å². The molecule has 1 aliphatic heterocycles. The first-order valence-corrected chi connectivity index (χ1v) is 10.1. The number of aromatic amines is 1. The van der Waals surface area contributed by atoms with Gasteiger partial charge in [-0.15, -0.1) is 0 Å². The predicted octanol–water partition coefficient (Wildman–Crippen LogP) is 4.84. The molecule has 2 aromatic heterocycles. The van der Waals surface area contributed by atoms with Crippen LogP contribution in [0.2, 0.25) is 5.02 Å². The minimum atomic E-state index is 0.611. The lowest BCUT2D eigenvalue weighted by Crippen LogP contribution is -2.33. The number of fused-ring (bicyclic) bond motifs is 2. The lowest BCUT2D eigenvalue weighted by atomic mass is 9.99. The molecular weight excluding hydrogens is 370 g/mol. The number of anilines is 1. The molecule has 3 heterocycles. The van der Waals surface area contributed by atoms with Gasteiger partial charge in [-0.2, -0.15) is 0 Å². The molecule has 2 aromatic carbocycles. The number of benzene rings is 2. The molecule has 5 nitrogen and oxygen atoms in total. The van der Waals surface area contributed by atoms with E-state index in [2.05, 4.69) is 20.6 Å². The predicted molar refractivity (Wildman–Crippen MR) is 116 cm³/mol. The topological polar surface area (TPSA) is 65.6 Å². The Kier molecular flexibility index (Phi) is 4.63. The van der Waals surface area contributed by atoms with Crippen LogP contribution in [-0.4, -0.2) is 34.6 Å². The molecule has 0 saturated carbocycles. The normalized spacial score (nSPS) is 17.2. The third-order valence-corrected chi connectivity index (χ3v) is 5.68. The van der Waals surface area contributed by atoms with Crippen molar-refractivity contribution >= 4 is 39.2 Å². The SMILES string of the molecule is Clc1ccc2ncc(-c3nc4ccccc4[nH]3)c(NC[C@@H]3CCCNC3)c2c1. The van der Waals surface area contributed by atoms with E-state index in [1.807, 2.05) is 48.7 Å². The summed E-state index contributed by atoms with van der Waals surface area (Å²) in [6.07, 6.45) is 4.37. The average Bonchev–Trinajstić information content (AvgIpc) is 3.16. The number of imidazole rings is 1. The van der Waals surface area contributed by atoms with E-state index < -0.39 is 0 Å². The minimum Gasteiger partial charge on any atom is -0.384 e. The van der Waals surface area contributed by atoms with Crippen LogP contribution >= 0.6 is 11.6 Å². The minimum absolute atomic E-state index is 0.611. The highest BCUT2D eigenvalue weighted by molar-refractivity contribution is 6.31. The summed E-state index contributed by atoms with van der Waals surface area (Å²) in [5.41, 5.74) is 4.90. The molecule has 1 aliphatic rings. The largest absolute Gasteiger partial charge is 0.384 e. The molecule has 5 rings (SSSR count).